The summed E-state index contributed by atoms with van der Waals surface area (Å²) in [6.07, 6.45) is 5.48. The third kappa shape index (κ3) is 5.17. The van der Waals surface area contributed by atoms with Crippen LogP contribution in [0.5, 0.6) is 0 Å². The third-order valence-electron chi connectivity index (χ3n) is 5.26. The summed E-state index contributed by atoms with van der Waals surface area (Å²) in [5, 5.41) is 4.63. The molecule has 25 heavy (non-hydrogen) atoms. The zero-order valence-corrected chi connectivity index (χ0v) is 16.9. The Kier molecular flexibility index (Phi) is 6.70. The van der Waals surface area contributed by atoms with Gasteiger partial charge in [-0.2, -0.15) is 0 Å². The van der Waals surface area contributed by atoms with Crippen LogP contribution in [0.3, 0.4) is 0 Å². The predicted molar refractivity (Wildman–Crippen MR) is 106 cm³/mol. The third-order valence-corrected chi connectivity index (χ3v) is 6.31. The molecule has 6 heteroatoms. The molecule has 2 aliphatic heterocycles. The highest BCUT2D eigenvalue weighted by atomic mass is 32.1. The van der Waals surface area contributed by atoms with Crippen molar-refractivity contribution in [2.45, 2.75) is 53.0 Å². The lowest BCUT2D eigenvalue weighted by atomic mass is 10.1. The van der Waals surface area contributed by atoms with E-state index < -0.39 is 0 Å². The molecule has 0 aromatic carbocycles. The zero-order valence-electron chi connectivity index (χ0n) is 16.1. The van der Waals surface area contributed by atoms with Crippen molar-refractivity contribution in [3.63, 3.8) is 0 Å². The van der Waals surface area contributed by atoms with Crippen molar-refractivity contribution in [1.82, 2.24) is 20.1 Å². The van der Waals surface area contributed by atoms with Crippen molar-refractivity contribution < 1.29 is 0 Å². The molecule has 5 nitrogen and oxygen atoms in total. The monoisotopic (exact) mass is 363 g/mol. The molecule has 0 aliphatic carbocycles. The largest absolute Gasteiger partial charge is 0.357 e. The number of aryl methyl sites for hydroxylation is 2. The van der Waals surface area contributed by atoms with Crippen molar-refractivity contribution in [1.29, 1.82) is 0 Å². The van der Waals surface area contributed by atoms with Gasteiger partial charge in [0.05, 0.1) is 17.2 Å². The fourth-order valence-electron chi connectivity index (χ4n) is 3.97. The fourth-order valence-corrected chi connectivity index (χ4v) is 4.84. The molecule has 0 bridgehead atoms. The highest BCUT2D eigenvalue weighted by molar-refractivity contribution is 7.11. The van der Waals surface area contributed by atoms with Crippen LogP contribution >= 0.6 is 11.3 Å². The Morgan fingerprint density at radius 1 is 1.24 bits per heavy atom. The molecule has 3 heterocycles. The maximum Gasteiger partial charge on any atom is 0.194 e. The summed E-state index contributed by atoms with van der Waals surface area (Å²) in [6, 6.07) is 0. The van der Waals surface area contributed by atoms with Gasteiger partial charge in [0.15, 0.2) is 5.96 Å². The number of rotatable bonds is 5. The average Bonchev–Trinajstić information content (AvgIpc) is 3.18. The topological polar surface area (TPSA) is 43.8 Å². The molecule has 2 fully saturated rings. The molecule has 0 radical (unpaired) electrons. The van der Waals surface area contributed by atoms with E-state index in [2.05, 4.69) is 40.9 Å². The van der Waals surface area contributed by atoms with Gasteiger partial charge in [0.2, 0.25) is 0 Å². The minimum atomic E-state index is 0.743. The number of piperidine rings is 1. The van der Waals surface area contributed by atoms with E-state index in [9.17, 15) is 0 Å². The van der Waals surface area contributed by atoms with Gasteiger partial charge in [-0.05, 0) is 59.0 Å². The normalized spacial score (nSPS) is 22.6. The highest BCUT2D eigenvalue weighted by Gasteiger charge is 2.27. The molecule has 0 spiro atoms. The minimum Gasteiger partial charge on any atom is -0.357 e. The first kappa shape index (κ1) is 18.6. The Labute approximate surface area is 156 Å². The van der Waals surface area contributed by atoms with Crippen molar-refractivity contribution in [3.8, 4) is 0 Å². The van der Waals surface area contributed by atoms with Gasteiger partial charge in [0.25, 0.3) is 0 Å². The van der Waals surface area contributed by atoms with Crippen molar-refractivity contribution in [3.05, 3.63) is 15.6 Å². The molecule has 0 amide bonds. The summed E-state index contributed by atoms with van der Waals surface area (Å²) >= 11 is 1.77. The Balaban J connectivity index is 1.56. The van der Waals surface area contributed by atoms with E-state index in [1.54, 1.807) is 11.3 Å². The second-order valence-corrected chi connectivity index (χ2v) is 8.66. The average molecular weight is 364 g/mol. The van der Waals surface area contributed by atoms with Crippen LogP contribution < -0.4 is 5.32 Å². The van der Waals surface area contributed by atoms with Crippen LogP contribution in [0.25, 0.3) is 0 Å². The van der Waals surface area contributed by atoms with Gasteiger partial charge in [-0.3, -0.25) is 0 Å². The molecule has 1 aromatic heterocycles. The number of guanidine groups is 1. The second-order valence-electron chi connectivity index (χ2n) is 7.37. The van der Waals surface area contributed by atoms with E-state index >= 15 is 0 Å². The number of hydrogen-bond donors (Lipinski definition) is 1. The van der Waals surface area contributed by atoms with E-state index in [1.807, 2.05) is 0 Å². The van der Waals surface area contributed by atoms with Gasteiger partial charge < -0.3 is 15.1 Å². The molecule has 140 valence electrons. The smallest absolute Gasteiger partial charge is 0.194 e. The van der Waals surface area contributed by atoms with Crippen LogP contribution in [-0.4, -0.2) is 60.0 Å². The fraction of sp³-hybridized carbons (Fsp3) is 0.789. The lowest BCUT2D eigenvalue weighted by Gasteiger charge is -2.29. The molecule has 1 aromatic rings. The Bertz CT molecular complexity index is 576. The molecule has 3 rings (SSSR count). The highest BCUT2D eigenvalue weighted by Crippen LogP contribution is 2.21. The Morgan fingerprint density at radius 3 is 2.72 bits per heavy atom. The molecule has 1 atom stereocenters. The number of likely N-dealkylation sites (tertiary alicyclic amines) is 2. The summed E-state index contributed by atoms with van der Waals surface area (Å²) in [7, 11) is 0. The van der Waals surface area contributed by atoms with Crippen LogP contribution in [0.2, 0.25) is 0 Å². The minimum absolute atomic E-state index is 0.743. The van der Waals surface area contributed by atoms with Gasteiger partial charge in [-0.15, -0.1) is 11.3 Å². The van der Waals surface area contributed by atoms with Gasteiger partial charge in [-0.25, -0.2) is 9.98 Å². The Morgan fingerprint density at radius 2 is 2.04 bits per heavy atom. The number of nitrogens with one attached hydrogen (secondary N) is 1. The quantitative estimate of drug-likeness (QED) is 0.645. The van der Waals surface area contributed by atoms with Gasteiger partial charge >= 0.3 is 0 Å². The number of hydrogen-bond acceptors (Lipinski definition) is 4. The first-order chi connectivity index (χ1) is 12.2. The maximum absolute atomic E-state index is 4.91. The predicted octanol–water partition coefficient (Wildman–Crippen LogP) is 3.03. The first-order valence-electron chi connectivity index (χ1n) is 9.84. The van der Waals surface area contributed by atoms with Crippen LogP contribution in [0.15, 0.2) is 4.99 Å². The molecule has 1 unspecified atom stereocenters. The standard InChI is InChI=1S/C19H33N5S/c1-4-20-19(21-12-18-15(2)22-16(3)25-18)24-11-8-17(14-24)13-23-9-6-5-7-10-23/h17H,4-14H2,1-3H3,(H,20,21). The van der Waals surface area contributed by atoms with Crippen LogP contribution in [0, 0.1) is 19.8 Å². The molecular weight excluding hydrogens is 330 g/mol. The van der Waals surface area contributed by atoms with E-state index in [4.69, 9.17) is 4.99 Å². The molecular formula is C19H33N5S. The maximum atomic E-state index is 4.91. The second kappa shape index (κ2) is 8.99. The summed E-state index contributed by atoms with van der Waals surface area (Å²) in [6.45, 7) is 14.1. The van der Waals surface area contributed by atoms with E-state index in [-0.39, 0.29) is 0 Å². The molecule has 2 saturated heterocycles. The first-order valence-corrected chi connectivity index (χ1v) is 10.7. The molecule has 1 N–H and O–H groups in total. The summed E-state index contributed by atoms with van der Waals surface area (Å²) in [4.78, 5) is 15.8. The van der Waals surface area contributed by atoms with E-state index in [0.29, 0.717) is 0 Å². The summed E-state index contributed by atoms with van der Waals surface area (Å²) in [5.41, 5.74) is 1.13. The number of aromatic nitrogens is 1. The lowest BCUT2D eigenvalue weighted by Crippen LogP contribution is -2.41. The SMILES string of the molecule is CCNC(=NCc1sc(C)nc1C)N1CCC(CN2CCCCC2)C1. The van der Waals surface area contributed by atoms with E-state index in [0.717, 1.165) is 48.8 Å². The van der Waals surface area contributed by atoms with Crippen LogP contribution in [0.4, 0.5) is 0 Å². The molecule has 0 saturated carbocycles. The lowest BCUT2D eigenvalue weighted by molar-refractivity contribution is 0.198. The van der Waals surface area contributed by atoms with Crippen LogP contribution in [-0.2, 0) is 6.54 Å². The van der Waals surface area contributed by atoms with E-state index in [1.165, 1.54) is 50.2 Å². The van der Waals surface area contributed by atoms with Gasteiger partial charge in [0, 0.05) is 31.1 Å². The van der Waals surface area contributed by atoms with Crippen LogP contribution in [0.1, 0.15) is 48.2 Å². The summed E-state index contributed by atoms with van der Waals surface area (Å²) in [5.74, 6) is 1.86. The van der Waals surface area contributed by atoms with Gasteiger partial charge in [-0.1, -0.05) is 6.42 Å². The molecule has 2 aliphatic rings. The van der Waals surface area contributed by atoms with Gasteiger partial charge in [0.1, 0.15) is 0 Å². The van der Waals surface area contributed by atoms with Crippen molar-refractivity contribution in [2.24, 2.45) is 10.9 Å². The number of thiazole rings is 1. The van der Waals surface area contributed by atoms with Crippen molar-refractivity contribution in [2.75, 3.05) is 39.3 Å². The summed E-state index contributed by atoms with van der Waals surface area (Å²) < 4.78 is 0. The van der Waals surface area contributed by atoms with Crippen molar-refractivity contribution >= 4 is 17.3 Å². The number of nitrogens with zero attached hydrogens (tertiary/aromatic N) is 4. The number of aliphatic imine (C=N–C) groups is 1. The Hall–Kier alpha value is -1.14. The zero-order chi connectivity index (χ0) is 17.6.